The molecule has 0 bridgehead atoms. The molecule has 6 rings (SSSR count). The Morgan fingerprint density at radius 1 is 1.09 bits per heavy atom. The molecular weight excluding hydrogens is 434 g/mol. The van der Waals surface area contributed by atoms with E-state index in [0.29, 0.717) is 5.82 Å². The number of H-pyrrole nitrogens is 1. The smallest absolute Gasteiger partial charge is 0.163 e. The number of pyridine rings is 2. The second kappa shape index (κ2) is 7.71. The topological polar surface area (TPSA) is 82.6 Å². The van der Waals surface area contributed by atoms with Gasteiger partial charge < -0.3 is 15.2 Å². The lowest BCUT2D eigenvalue weighted by Gasteiger charge is -2.40. The Morgan fingerprint density at radius 2 is 1.91 bits per heavy atom. The van der Waals surface area contributed by atoms with E-state index in [1.54, 1.807) is 0 Å². The van der Waals surface area contributed by atoms with Crippen LogP contribution in [0.4, 0.5) is 5.82 Å². The van der Waals surface area contributed by atoms with Crippen molar-refractivity contribution >= 4 is 33.3 Å². The second-order valence-corrected chi connectivity index (χ2v) is 11.2. The lowest BCUT2D eigenvalue weighted by Crippen LogP contribution is -2.57. The molecule has 178 valence electrons. The van der Waals surface area contributed by atoms with E-state index >= 15 is 0 Å². The zero-order chi connectivity index (χ0) is 24.4. The number of rotatable bonds is 3. The van der Waals surface area contributed by atoms with Crippen molar-refractivity contribution in [2.45, 2.75) is 45.6 Å². The summed E-state index contributed by atoms with van der Waals surface area (Å²) in [6.45, 7) is 13.7. The molecule has 5 heterocycles. The minimum atomic E-state index is -0.0113. The van der Waals surface area contributed by atoms with Crippen molar-refractivity contribution in [3.63, 3.8) is 0 Å². The molecule has 0 aromatic carbocycles. The molecule has 1 saturated heterocycles. The van der Waals surface area contributed by atoms with E-state index in [9.17, 15) is 0 Å². The average Bonchev–Trinajstić information content (AvgIpc) is 3.22. The van der Waals surface area contributed by atoms with Gasteiger partial charge in [0.25, 0.3) is 0 Å². The number of aromatic amines is 1. The van der Waals surface area contributed by atoms with Crippen LogP contribution < -0.4 is 10.2 Å². The Labute approximate surface area is 205 Å². The summed E-state index contributed by atoms with van der Waals surface area (Å²) in [5.74, 6) is 1.67. The summed E-state index contributed by atoms with van der Waals surface area (Å²) in [4.78, 5) is 25.3. The van der Waals surface area contributed by atoms with Crippen LogP contribution in [0.5, 0.6) is 0 Å². The van der Waals surface area contributed by atoms with Crippen molar-refractivity contribution < 1.29 is 0 Å². The zero-order valence-corrected chi connectivity index (χ0v) is 21.0. The van der Waals surface area contributed by atoms with Gasteiger partial charge in [0, 0.05) is 65.2 Å². The van der Waals surface area contributed by atoms with Gasteiger partial charge in [0.15, 0.2) is 5.82 Å². The van der Waals surface area contributed by atoms with Crippen molar-refractivity contribution in [2.24, 2.45) is 0 Å². The summed E-state index contributed by atoms with van der Waals surface area (Å²) < 4.78 is 0. The van der Waals surface area contributed by atoms with Crippen molar-refractivity contribution in [3.05, 3.63) is 60.2 Å². The summed E-state index contributed by atoms with van der Waals surface area (Å²) in [5, 5.41) is 5.72. The van der Waals surface area contributed by atoms with Gasteiger partial charge in [-0.3, -0.25) is 4.98 Å². The molecule has 4 aromatic heterocycles. The number of aromatic nitrogens is 5. The van der Waals surface area contributed by atoms with E-state index in [0.717, 1.165) is 64.2 Å². The molecule has 0 saturated carbocycles. The van der Waals surface area contributed by atoms with E-state index < -0.39 is 0 Å². The maximum Gasteiger partial charge on any atom is 0.163 e. The minimum absolute atomic E-state index is 0.00922. The van der Waals surface area contributed by atoms with Crippen molar-refractivity contribution in [1.29, 1.82) is 0 Å². The molecule has 4 aromatic rings. The van der Waals surface area contributed by atoms with Crippen molar-refractivity contribution in [2.75, 3.05) is 24.5 Å². The van der Waals surface area contributed by atoms with Gasteiger partial charge in [-0.05, 0) is 31.6 Å². The molecule has 7 nitrogen and oxygen atoms in total. The maximum absolute atomic E-state index is 5.25. The fourth-order valence-corrected chi connectivity index (χ4v) is 4.95. The number of hydrogen-bond donors (Lipinski definition) is 2. The van der Waals surface area contributed by atoms with Gasteiger partial charge in [0.2, 0.25) is 0 Å². The summed E-state index contributed by atoms with van der Waals surface area (Å²) in [6, 6.07) is 4.21. The third-order valence-corrected chi connectivity index (χ3v) is 6.90. The lowest BCUT2D eigenvalue weighted by molar-refractivity contribution is 0.352. The van der Waals surface area contributed by atoms with Crippen LogP contribution >= 0.6 is 0 Å². The normalized spacial score (nSPS) is 17.6. The molecule has 1 aliphatic heterocycles. The Bertz CT molecular complexity index is 1520. The number of anilines is 1. The van der Waals surface area contributed by atoms with Gasteiger partial charge in [-0.25, -0.2) is 15.0 Å². The van der Waals surface area contributed by atoms with Crippen LogP contribution in [0.2, 0.25) is 0 Å². The van der Waals surface area contributed by atoms with Gasteiger partial charge in [0.05, 0.1) is 17.1 Å². The third kappa shape index (κ3) is 3.80. The molecular formula is C28H31N7. The first-order valence-corrected chi connectivity index (χ1v) is 12.2. The fourth-order valence-electron chi connectivity index (χ4n) is 4.95. The molecule has 0 atom stereocenters. The molecule has 1 aliphatic carbocycles. The zero-order valence-electron chi connectivity index (χ0n) is 21.0. The van der Waals surface area contributed by atoms with E-state index in [-0.39, 0.29) is 11.0 Å². The first kappa shape index (κ1) is 21.9. The van der Waals surface area contributed by atoms with E-state index in [1.165, 1.54) is 5.57 Å². The molecule has 7 heteroatoms. The summed E-state index contributed by atoms with van der Waals surface area (Å²) in [6.07, 6.45) is 11.9. The van der Waals surface area contributed by atoms with E-state index in [2.05, 4.69) is 84.1 Å². The predicted octanol–water partition coefficient (Wildman–Crippen LogP) is 5.01. The van der Waals surface area contributed by atoms with Gasteiger partial charge in [-0.15, -0.1) is 0 Å². The first-order valence-electron chi connectivity index (χ1n) is 12.2. The van der Waals surface area contributed by atoms with Crippen LogP contribution in [0.1, 0.15) is 45.9 Å². The third-order valence-electron chi connectivity index (χ3n) is 6.90. The predicted molar refractivity (Wildman–Crippen MR) is 143 cm³/mol. The second-order valence-electron chi connectivity index (χ2n) is 11.2. The molecule has 2 N–H and O–H groups in total. The highest BCUT2D eigenvalue weighted by atomic mass is 15.3. The van der Waals surface area contributed by atoms with Crippen LogP contribution in [-0.4, -0.2) is 50.1 Å². The SMILES string of the molecule is CC1(C)CN(c2nc(-c3ccnc4[nH]c(C(C)(C)C)cc34)nc3cncc(C4=CC=C4)c23)CCN1. The van der Waals surface area contributed by atoms with Crippen molar-refractivity contribution in [1.82, 2.24) is 30.2 Å². The number of nitrogens with one attached hydrogen (secondary N) is 2. The maximum atomic E-state index is 5.25. The van der Waals surface area contributed by atoms with Gasteiger partial charge in [0.1, 0.15) is 11.5 Å². The van der Waals surface area contributed by atoms with Crippen LogP contribution in [0.25, 0.3) is 38.9 Å². The molecule has 0 spiro atoms. The number of nitrogens with zero attached hydrogens (tertiary/aromatic N) is 5. The van der Waals surface area contributed by atoms with Crippen LogP contribution in [-0.2, 0) is 5.41 Å². The number of piperazine rings is 1. The van der Waals surface area contributed by atoms with E-state index in [1.807, 2.05) is 24.7 Å². The number of allylic oxidation sites excluding steroid dienone is 4. The van der Waals surface area contributed by atoms with Crippen LogP contribution in [0, 0.1) is 0 Å². The Morgan fingerprint density at radius 3 is 2.63 bits per heavy atom. The fraction of sp³-hybridized carbons (Fsp3) is 0.357. The quantitative estimate of drug-likeness (QED) is 0.443. The Balaban J connectivity index is 1.59. The number of hydrogen-bond acceptors (Lipinski definition) is 6. The first-order chi connectivity index (χ1) is 16.7. The van der Waals surface area contributed by atoms with Crippen LogP contribution in [0.15, 0.2) is 49.0 Å². The molecule has 2 aliphatic rings. The van der Waals surface area contributed by atoms with Gasteiger partial charge in [-0.1, -0.05) is 39.0 Å². The lowest BCUT2D eigenvalue weighted by atomic mass is 9.92. The Hall–Kier alpha value is -3.58. The highest BCUT2D eigenvalue weighted by Crippen LogP contribution is 2.37. The molecule has 1 fully saturated rings. The monoisotopic (exact) mass is 465 g/mol. The minimum Gasteiger partial charge on any atom is -0.353 e. The molecule has 0 unspecified atom stereocenters. The van der Waals surface area contributed by atoms with Gasteiger partial charge >= 0.3 is 0 Å². The highest BCUT2D eigenvalue weighted by molar-refractivity contribution is 6.03. The number of fused-ring (bicyclic) bond motifs is 2. The van der Waals surface area contributed by atoms with Crippen molar-refractivity contribution in [3.8, 4) is 11.4 Å². The summed E-state index contributed by atoms with van der Waals surface area (Å²) in [7, 11) is 0. The molecule has 35 heavy (non-hydrogen) atoms. The summed E-state index contributed by atoms with van der Waals surface area (Å²) >= 11 is 0. The van der Waals surface area contributed by atoms with E-state index in [4.69, 9.17) is 9.97 Å². The van der Waals surface area contributed by atoms with Gasteiger partial charge in [-0.2, -0.15) is 0 Å². The highest BCUT2D eigenvalue weighted by Gasteiger charge is 2.29. The largest absolute Gasteiger partial charge is 0.353 e. The molecule has 0 amide bonds. The van der Waals surface area contributed by atoms with Crippen LogP contribution in [0.3, 0.4) is 0 Å². The molecule has 0 radical (unpaired) electrons. The Kier molecular flexibility index (Phi) is 4.83. The standard InChI is InChI=1S/C28H31N7/c1-27(2,3)22-13-19-18(9-10-30-24(19)33-22)25-32-21-15-29-14-20(17-7-6-8-17)23(21)26(34-25)35-12-11-31-28(4,5)16-35/h6-10,13-15,31H,11-12,16H2,1-5H3,(H,30,33). The average molecular weight is 466 g/mol. The summed E-state index contributed by atoms with van der Waals surface area (Å²) in [5.41, 5.74) is 6.07.